The molecular formula is C18H19NO2. The van der Waals surface area contributed by atoms with E-state index in [1.807, 2.05) is 49.4 Å². The molecule has 0 radical (unpaired) electrons. The maximum Gasteiger partial charge on any atom is 0.119 e. The van der Waals surface area contributed by atoms with E-state index in [0.29, 0.717) is 13.2 Å². The molecule has 3 nitrogen and oxygen atoms in total. The van der Waals surface area contributed by atoms with Crippen molar-refractivity contribution in [2.45, 2.75) is 13.5 Å². The molecule has 0 saturated heterocycles. The normalized spacial score (nSPS) is 9.67. The van der Waals surface area contributed by atoms with Gasteiger partial charge in [-0.25, -0.2) is 0 Å². The first kappa shape index (κ1) is 15.0. The van der Waals surface area contributed by atoms with Gasteiger partial charge < -0.3 is 15.2 Å². The van der Waals surface area contributed by atoms with Crippen LogP contribution in [0.15, 0.2) is 42.5 Å². The summed E-state index contributed by atoms with van der Waals surface area (Å²) in [4.78, 5) is 0. The van der Waals surface area contributed by atoms with Crippen LogP contribution in [0, 0.1) is 18.8 Å². The SMILES string of the molecule is COc1ccc(C#CCN)c(COc2ccc(C)cc2)c1. The molecule has 0 aromatic heterocycles. The lowest BCUT2D eigenvalue weighted by Crippen LogP contribution is -2.00. The first-order chi connectivity index (χ1) is 10.2. The molecule has 0 spiro atoms. The highest BCUT2D eigenvalue weighted by molar-refractivity contribution is 5.45. The van der Waals surface area contributed by atoms with Crippen molar-refractivity contribution in [1.29, 1.82) is 0 Å². The number of nitrogens with two attached hydrogens (primary N) is 1. The van der Waals surface area contributed by atoms with Crippen molar-refractivity contribution < 1.29 is 9.47 Å². The molecule has 0 atom stereocenters. The Morgan fingerprint density at radius 2 is 1.76 bits per heavy atom. The van der Waals surface area contributed by atoms with Crippen LogP contribution in [0.5, 0.6) is 11.5 Å². The fourth-order valence-corrected chi connectivity index (χ4v) is 1.88. The molecule has 0 aliphatic heterocycles. The van der Waals surface area contributed by atoms with Crippen molar-refractivity contribution in [3.8, 4) is 23.3 Å². The lowest BCUT2D eigenvalue weighted by Gasteiger charge is -2.10. The van der Waals surface area contributed by atoms with E-state index in [4.69, 9.17) is 15.2 Å². The standard InChI is InChI=1S/C18H19NO2/c1-14-5-8-17(9-6-14)21-13-16-12-18(20-2)10-7-15(16)4-3-11-19/h5-10,12H,11,13,19H2,1-2H3. The molecule has 0 fully saturated rings. The predicted molar refractivity (Wildman–Crippen MR) is 84.4 cm³/mol. The Morgan fingerprint density at radius 3 is 2.43 bits per heavy atom. The van der Waals surface area contributed by atoms with E-state index in [0.717, 1.165) is 22.6 Å². The van der Waals surface area contributed by atoms with E-state index in [9.17, 15) is 0 Å². The Kier molecular flexibility index (Phi) is 5.25. The zero-order valence-electron chi connectivity index (χ0n) is 12.3. The minimum atomic E-state index is 0.338. The number of hydrogen-bond acceptors (Lipinski definition) is 3. The average Bonchev–Trinajstić information content (AvgIpc) is 2.52. The third kappa shape index (κ3) is 4.27. The van der Waals surface area contributed by atoms with Crippen molar-refractivity contribution in [2.24, 2.45) is 5.73 Å². The molecule has 0 unspecified atom stereocenters. The van der Waals surface area contributed by atoms with Crippen LogP contribution in [-0.2, 0) is 6.61 Å². The summed E-state index contributed by atoms with van der Waals surface area (Å²) in [5, 5.41) is 0. The lowest BCUT2D eigenvalue weighted by atomic mass is 10.1. The van der Waals surface area contributed by atoms with Gasteiger partial charge in [0.05, 0.1) is 13.7 Å². The number of benzene rings is 2. The highest BCUT2D eigenvalue weighted by Gasteiger charge is 2.04. The molecule has 0 bridgehead atoms. The molecule has 3 heteroatoms. The smallest absolute Gasteiger partial charge is 0.119 e. The van der Waals surface area contributed by atoms with Gasteiger partial charge in [0.15, 0.2) is 0 Å². The summed E-state index contributed by atoms with van der Waals surface area (Å²) in [5.41, 5.74) is 8.53. The van der Waals surface area contributed by atoms with Gasteiger partial charge in [0, 0.05) is 11.1 Å². The molecule has 0 aliphatic rings. The largest absolute Gasteiger partial charge is 0.497 e. The van der Waals surface area contributed by atoms with Crippen LogP contribution in [0.3, 0.4) is 0 Å². The van der Waals surface area contributed by atoms with Gasteiger partial charge >= 0.3 is 0 Å². The second kappa shape index (κ2) is 7.37. The number of hydrogen-bond donors (Lipinski definition) is 1. The van der Waals surface area contributed by atoms with Crippen LogP contribution in [0.2, 0.25) is 0 Å². The van der Waals surface area contributed by atoms with E-state index in [1.54, 1.807) is 7.11 Å². The lowest BCUT2D eigenvalue weighted by molar-refractivity contribution is 0.305. The maximum absolute atomic E-state index is 5.81. The molecule has 2 aromatic carbocycles. The number of aryl methyl sites for hydroxylation is 1. The fourth-order valence-electron chi connectivity index (χ4n) is 1.88. The highest BCUT2D eigenvalue weighted by atomic mass is 16.5. The van der Waals surface area contributed by atoms with Crippen LogP contribution < -0.4 is 15.2 Å². The molecule has 2 aromatic rings. The predicted octanol–water partition coefficient (Wildman–Crippen LogP) is 2.89. The minimum absolute atomic E-state index is 0.338. The van der Waals surface area contributed by atoms with Crippen LogP contribution in [0.1, 0.15) is 16.7 Å². The summed E-state index contributed by atoms with van der Waals surface area (Å²) in [5.74, 6) is 7.55. The van der Waals surface area contributed by atoms with E-state index < -0.39 is 0 Å². The molecule has 108 valence electrons. The van der Waals surface area contributed by atoms with Crippen molar-refractivity contribution >= 4 is 0 Å². The molecule has 0 aliphatic carbocycles. The minimum Gasteiger partial charge on any atom is -0.497 e. The second-order valence-corrected chi connectivity index (χ2v) is 4.63. The Labute approximate surface area is 125 Å². The van der Waals surface area contributed by atoms with Crippen LogP contribution in [0.25, 0.3) is 0 Å². The molecule has 0 amide bonds. The van der Waals surface area contributed by atoms with Crippen LogP contribution in [-0.4, -0.2) is 13.7 Å². The Morgan fingerprint density at radius 1 is 1.05 bits per heavy atom. The first-order valence-electron chi connectivity index (χ1n) is 6.78. The number of rotatable bonds is 4. The molecule has 21 heavy (non-hydrogen) atoms. The van der Waals surface area contributed by atoms with Crippen molar-refractivity contribution in [1.82, 2.24) is 0 Å². The summed E-state index contributed by atoms with van der Waals surface area (Å²) >= 11 is 0. The van der Waals surface area contributed by atoms with Gasteiger partial charge in [-0.1, -0.05) is 29.5 Å². The number of methoxy groups -OCH3 is 1. The van der Waals surface area contributed by atoms with Gasteiger partial charge in [-0.05, 0) is 37.3 Å². The average molecular weight is 281 g/mol. The molecule has 2 N–H and O–H groups in total. The van der Waals surface area contributed by atoms with E-state index >= 15 is 0 Å². The third-order valence-corrected chi connectivity index (χ3v) is 3.05. The second-order valence-electron chi connectivity index (χ2n) is 4.63. The zero-order valence-corrected chi connectivity index (χ0v) is 12.3. The Balaban J connectivity index is 2.18. The van der Waals surface area contributed by atoms with Gasteiger partial charge in [-0.3, -0.25) is 0 Å². The van der Waals surface area contributed by atoms with Crippen LogP contribution >= 0.6 is 0 Å². The number of ether oxygens (including phenoxy) is 2. The molecule has 0 saturated carbocycles. The first-order valence-corrected chi connectivity index (χ1v) is 6.78. The van der Waals surface area contributed by atoms with Crippen LogP contribution in [0.4, 0.5) is 0 Å². The Bertz CT molecular complexity index is 651. The van der Waals surface area contributed by atoms with Crippen molar-refractivity contribution in [3.63, 3.8) is 0 Å². The molecule has 0 heterocycles. The summed E-state index contributed by atoms with van der Waals surface area (Å²) in [7, 11) is 1.64. The quantitative estimate of drug-likeness (QED) is 0.876. The van der Waals surface area contributed by atoms with Gasteiger partial charge in [-0.15, -0.1) is 0 Å². The van der Waals surface area contributed by atoms with Gasteiger partial charge in [-0.2, -0.15) is 0 Å². The van der Waals surface area contributed by atoms with E-state index in [2.05, 4.69) is 11.8 Å². The molecular weight excluding hydrogens is 262 g/mol. The third-order valence-electron chi connectivity index (χ3n) is 3.05. The monoisotopic (exact) mass is 281 g/mol. The highest BCUT2D eigenvalue weighted by Crippen LogP contribution is 2.20. The van der Waals surface area contributed by atoms with Crippen molar-refractivity contribution in [3.05, 3.63) is 59.2 Å². The summed E-state index contributed by atoms with van der Waals surface area (Å²) in [6, 6.07) is 13.7. The summed E-state index contributed by atoms with van der Waals surface area (Å²) in [6.45, 7) is 2.82. The topological polar surface area (TPSA) is 44.5 Å². The Hall–Kier alpha value is -2.44. The van der Waals surface area contributed by atoms with Gasteiger partial charge in [0.2, 0.25) is 0 Å². The van der Waals surface area contributed by atoms with E-state index in [-0.39, 0.29) is 0 Å². The fraction of sp³-hybridized carbons (Fsp3) is 0.222. The maximum atomic E-state index is 5.81. The van der Waals surface area contributed by atoms with Gasteiger partial charge in [0.25, 0.3) is 0 Å². The molecule has 2 rings (SSSR count). The summed E-state index contributed by atoms with van der Waals surface area (Å²) in [6.07, 6.45) is 0. The van der Waals surface area contributed by atoms with Gasteiger partial charge in [0.1, 0.15) is 18.1 Å². The van der Waals surface area contributed by atoms with Crippen molar-refractivity contribution in [2.75, 3.05) is 13.7 Å². The van der Waals surface area contributed by atoms with E-state index in [1.165, 1.54) is 5.56 Å². The summed E-state index contributed by atoms with van der Waals surface area (Å²) < 4.78 is 11.1. The zero-order chi connectivity index (χ0) is 15.1.